The lowest BCUT2D eigenvalue weighted by molar-refractivity contribution is 0.113. The van der Waals surface area contributed by atoms with E-state index in [2.05, 4.69) is 0 Å². The summed E-state index contributed by atoms with van der Waals surface area (Å²) in [6, 6.07) is 17.7. The highest BCUT2D eigenvalue weighted by Crippen LogP contribution is 2.44. The quantitative estimate of drug-likeness (QED) is 0.431. The van der Waals surface area contributed by atoms with Crippen LogP contribution in [-0.4, -0.2) is 21.1 Å². The maximum atomic E-state index is 12.5. The molecular formula is C23H20Cl2O4S. The van der Waals surface area contributed by atoms with Gasteiger partial charge in [0.1, 0.15) is 18.5 Å². The summed E-state index contributed by atoms with van der Waals surface area (Å²) in [5.74, 6) is 0.628. The molecular weight excluding hydrogens is 443 g/mol. The van der Waals surface area contributed by atoms with Crippen LogP contribution in [0.25, 0.3) is 11.1 Å². The number of halogens is 2. The summed E-state index contributed by atoms with van der Waals surface area (Å²) in [7, 11) is -3.86. The van der Waals surface area contributed by atoms with Gasteiger partial charge in [-0.3, -0.25) is 4.18 Å². The lowest BCUT2D eigenvalue weighted by atomic mass is 9.95. The Balaban J connectivity index is 1.57. The second-order valence-electron chi connectivity index (χ2n) is 7.22. The summed E-state index contributed by atoms with van der Waals surface area (Å²) < 4.78 is 36.5. The van der Waals surface area contributed by atoms with Crippen LogP contribution in [0.15, 0.2) is 65.6 Å². The Hall–Kier alpha value is -2.05. The van der Waals surface area contributed by atoms with Crippen molar-refractivity contribution in [2.45, 2.75) is 30.8 Å². The molecule has 1 aliphatic heterocycles. The fourth-order valence-corrected chi connectivity index (χ4v) is 4.86. The molecule has 0 radical (unpaired) electrons. The third-order valence-electron chi connectivity index (χ3n) is 5.07. The fraction of sp³-hybridized carbons (Fsp3) is 0.217. The van der Waals surface area contributed by atoms with Gasteiger partial charge in [0.05, 0.1) is 9.92 Å². The van der Waals surface area contributed by atoms with E-state index < -0.39 is 16.2 Å². The van der Waals surface area contributed by atoms with Crippen LogP contribution in [0.5, 0.6) is 5.75 Å². The third-order valence-corrected chi connectivity index (χ3v) is 7.01. The maximum Gasteiger partial charge on any atom is 0.297 e. The fourth-order valence-electron chi connectivity index (χ4n) is 3.45. The van der Waals surface area contributed by atoms with E-state index in [1.165, 1.54) is 12.1 Å². The van der Waals surface area contributed by atoms with Gasteiger partial charge >= 0.3 is 0 Å². The average Bonchev–Trinajstić information content (AvgIpc) is 2.73. The Labute approximate surface area is 186 Å². The highest BCUT2D eigenvalue weighted by atomic mass is 35.5. The predicted molar refractivity (Wildman–Crippen MR) is 119 cm³/mol. The van der Waals surface area contributed by atoms with Crippen molar-refractivity contribution in [1.82, 2.24) is 0 Å². The van der Waals surface area contributed by atoms with Crippen molar-refractivity contribution in [3.8, 4) is 16.9 Å². The molecule has 0 fully saturated rings. The molecule has 0 N–H and O–H groups in total. The molecule has 1 heterocycles. The summed E-state index contributed by atoms with van der Waals surface area (Å²) >= 11 is 12.9. The van der Waals surface area contributed by atoms with E-state index in [1.807, 2.05) is 37.3 Å². The molecule has 3 aromatic carbocycles. The highest BCUT2D eigenvalue weighted by Gasteiger charge is 2.27. The molecule has 156 valence electrons. The minimum absolute atomic E-state index is 0.0792. The van der Waals surface area contributed by atoms with Crippen molar-refractivity contribution < 1.29 is 17.3 Å². The first kappa shape index (κ1) is 21.2. The van der Waals surface area contributed by atoms with Gasteiger partial charge in [0.25, 0.3) is 10.1 Å². The molecule has 7 heteroatoms. The Morgan fingerprint density at radius 1 is 1.00 bits per heavy atom. The van der Waals surface area contributed by atoms with Gasteiger partial charge in [0.2, 0.25) is 0 Å². The topological polar surface area (TPSA) is 52.6 Å². The first-order valence-corrected chi connectivity index (χ1v) is 11.7. The molecule has 0 bridgehead atoms. The number of benzene rings is 3. The standard InChI is InChI=1S/C23H20Cl2O4S/c1-15-6-11-18(12-7-15)30(26,27)28-14-17-10-8-16-9-13-21(25)22(23(16)29-17)19-4-2-3-5-20(19)24/h2-7,9,11-13,17H,8,10,14H2,1H3/t17-/m1/s1. The van der Waals surface area contributed by atoms with E-state index in [0.29, 0.717) is 27.8 Å². The molecule has 0 unspecified atom stereocenters. The number of aryl methyl sites for hydroxylation is 2. The van der Waals surface area contributed by atoms with E-state index in [4.69, 9.17) is 32.1 Å². The zero-order chi connectivity index (χ0) is 21.3. The zero-order valence-corrected chi connectivity index (χ0v) is 18.6. The minimum Gasteiger partial charge on any atom is -0.487 e. The SMILES string of the molecule is Cc1ccc(S(=O)(=O)OC[C@H]2CCc3ccc(Cl)c(-c4ccccc4Cl)c3O2)cc1. The van der Waals surface area contributed by atoms with Gasteiger partial charge in [0, 0.05) is 16.1 Å². The molecule has 4 nitrogen and oxygen atoms in total. The lowest BCUT2D eigenvalue weighted by Crippen LogP contribution is -2.29. The van der Waals surface area contributed by atoms with Crippen LogP contribution >= 0.6 is 23.2 Å². The van der Waals surface area contributed by atoms with E-state index >= 15 is 0 Å². The molecule has 0 saturated heterocycles. The molecule has 30 heavy (non-hydrogen) atoms. The Morgan fingerprint density at radius 3 is 2.47 bits per heavy atom. The van der Waals surface area contributed by atoms with Crippen molar-refractivity contribution in [3.63, 3.8) is 0 Å². The summed E-state index contributed by atoms with van der Waals surface area (Å²) in [5.41, 5.74) is 3.47. The van der Waals surface area contributed by atoms with Gasteiger partial charge in [0.15, 0.2) is 0 Å². The number of hydrogen-bond donors (Lipinski definition) is 0. The van der Waals surface area contributed by atoms with Crippen LogP contribution in [0.2, 0.25) is 10.0 Å². The highest BCUT2D eigenvalue weighted by molar-refractivity contribution is 7.86. The number of hydrogen-bond acceptors (Lipinski definition) is 4. The summed E-state index contributed by atoms with van der Waals surface area (Å²) in [6.45, 7) is 1.82. The molecule has 0 aliphatic carbocycles. The molecule has 1 atom stereocenters. The first-order valence-electron chi connectivity index (χ1n) is 9.54. The van der Waals surface area contributed by atoms with Crippen LogP contribution in [0.3, 0.4) is 0 Å². The van der Waals surface area contributed by atoms with E-state index in [-0.39, 0.29) is 11.5 Å². The lowest BCUT2D eigenvalue weighted by Gasteiger charge is -2.28. The molecule has 0 saturated carbocycles. The summed E-state index contributed by atoms with van der Waals surface area (Å²) in [6.07, 6.45) is 0.945. The minimum atomic E-state index is -3.86. The van der Waals surface area contributed by atoms with Crippen molar-refractivity contribution in [1.29, 1.82) is 0 Å². The predicted octanol–water partition coefficient (Wildman–Crippen LogP) is 6.07. The molecule has 3 aromatic rings. The Bertz CT molecular complexity index is 1170. The summed E-state index contributed by atoms with van der Waals surface area (Å²) in [4.78, 5) is 0.129. The second-order valence-corrected chi connectivity index (χ2v) is 9.65. The molecule has 4 rings (SSSR count). The monoisotopic (exact) mass is 462 g/mol. The van der Waals surface area contributed by atoms with Gasteiger partial charge in [-0.1, -0.05) is 65.2 Å². The van der Waals surface area contributed by atoms with Crippen molar-refractivity contribution in [3.05, 3.63) is 81.8 Å². The largest absolute Gasteiger partial charge is 0.487 e. The number of rotatable bonds is 5. The van der Waals surface area contributed by atoms with E-state index in [9.17, 15) is 8.42 Å². The van der Waals surface area contributed by atoms with Crippen LogP contribution < -0.4 is 4.74 Å². The third kappa shape index (κ3) is 4.35. The maximum absolute atomic E-state index is 12.5. The van der Waals surface area contributed by atoms with Gasteiger partial charge in [-0.05, 0) is 49.6 Å². The molecule has 0 spiro atoms. The van der Waals surface area contributed by atoms with Gasteiger partial charge in [-0.25, -0.2) is 0 Å². The average molecular weight is 463 g/mol. The number of ether oxygens (including phenoxy) is 1. The Morgan fingerprint density at radius 2 is 1.73 bits per heavy atom. The second kappa shape index (κ2) is 8.60. The van der Waals surface area contributed by atoms with Crippen molar-refractivity contribution in [2.24, 2.45) is 0 Å². The van der Waals surface area contributed by atoms with E-state index in [1.54, 1.807) is 18.2 Å². The van der Waals surface area contributed by atoms with Crippen molar-refractivity contribution in [2.75, 3.05) is 6.61 Å². The van der Waals surface area contributed by atoms with Crippen LogP contribution in [0, 0.1) is 6.92 Å². The van der Waals surface area contributed by atoms with Gasteiger partial charge < -0.3 is 4.74 Å². The molecule has 1 aliphatic rings. The van der Waals surface area contributed by atoms with Gasteiger partial charge in [-0.2, -0.15) is 8.42 Å². The Kier molecular flexibility index (Phi) is 6.07. The molecule has 0 aromatic heterocycles. The zero-order valence-electron chi connectivity index (χ0n) is 16.3. The van der Waals surface area contributed by atoms with Crippen molar-refractivity contribution >= 4 is 33.3 Å². The summed E-state index contributed by atoms with van der Waals surface area (Å²) in [5, 5.41) is 1.09. The van der Waals surface area contributed by atoms with E-state index in [0.717, 1.165) is 23.1 Å². The molecule has 0 amide bonds. The normalized spacial score (nSPS) is 16.0. The number of fused-ring (bicyclic) bond motifs is 1. The smallest absolute Gasteiger partial charge is 0.297 e. The van der Waals surface area contributed by atoms with Gasteiger partial charge in [-0.15, -0.1) is 0 Å². The first-order chi connectivity index (χ1) is 14.3. The van der Waals surface area contributed by atoms with Crippen LogP contribution in [-0.2, 0) is 20.7 Å². The van der Waals surface area contributed by atoms with Crippen LogP contribution in [0.4, 0.5) is 0 Å². The van der Waals surface area contributed by atoms with Crippen LogP contribution in [0.1, 0.15) is 17.5 Å².